The Morgan fingerprint density at radius 1 is 0.836 bits per heavy atom. The van der Waals surface area contributed by atoms with Gasteiger partial charge in [-0.3, -0.25) is 0 Å². The maximum atomic E-state index is 7.38. The number of rotatable bonds is 7. The van der Waals surface area contributed by atoms with Crippen molar-refractivity contribution in [1.82, 2.24) is 0 Å². The molecule has 0 spiro atoms. The number of anilines is 2. The lowest BCUT2D eigenvalue weighted by molar-refractivity contribution is 0.331. The number of furan rings is 1. The van der Waals surface area contributed by atoms with Crippen molar-refractivity contribution in [2.45, 2.75) is 168 Å². The van der Waals surface area contributed by atoms with Crippen LogP contribution in [0.2, 0.25) is 0 Å². The third-order valence-electron chi connectivity index (χ3n) is 16.8. The summed E-state index contributed by atoms with van der Waals surface area (Å²) in [7, 11) is 0. The number of benzene rings is 2. The first kappa shape index (κ1) is 42.1. The predicted molar refractivity (Wildman–Crippen MR) is 264 cm³/mol. The standard InChI is InChI=1S/C57H73BN2O/c1-15-18-38(17-3)42-29-44-46(56(11,12)26-24-54(44,7)8)31-50(42)60-37(6)33-58-48(49(60)19-16-2)34-59(39-22-23-40-35(4)20-21-36(5)41(40)28-39)52-43-30-45-47(32-51(43)61-53(52)58)57(13,14)27-25-55(45,9)10/h15-17,19,22-23,29-33,35-36,38-39H,1,3,18,20-21,24-28,34H2,2,4-14H3/b19-16-. The van der Waals surface area contributed by atoms with E-state index in [4.69, 9.17) is 4.42 Å². The molecule has 2 aromatic carbocycles. The zero-order valence-electron chi connectivity index (χ0n) is 39.8. The maximum Gasteiger partial charge on any atom is 0.284 e. The predicted octanol–water partition coefficient (Wildman–Crippen LogP) is 14.5. The Labute approximate surface area is 369 Å². The van der Waals surface area contributed by atoms with E-state index in [9.17, 15) is 0 Å². The summed E-state index contributed by atoms with van der Waals surface area (Å²) in [5, 5.41) is 1.29. The van der Waals surface area contributed by atoms with Crippen LogP contribution in [0.1, 0.15) is 168 Å². The van der Waals surface area contributed by atoms with E-state index in [1.807, 2.05) is 0 Å². The Kier molecular flexibility index (Phi) is 10.2. The highest BCUT2D eigenvalue weighted by molar-refractivity contribution is 6.85. The van der Waals surface area contributed by atoms with Gasteiger partial charge < -0.3 is 14.2 Å². The Hall–Kier alpha value is -4.18. The minimum Gasteiger partial charge on any atom is -0.468 e. The van der Waals surface area contributed by atoms with Crippen LogP contribution in [0.25, 0.3) is 11.0 Å². The van der Waals surface area contributed by atoms with Crippen LogP contribution in [-0.4, -0.2) is 19.3 Å². The van der Waals surface area contributed by atoms with Crippen molar-refractivity contribution in [3.8, 4) is 0 Å². The average molecular weight is 813 g/mol. The molecular formula is C57H73BN2O. The summed E-state index contributed by atoms with van der Waals surface area (Å²) >= 11 is 0. The second kappa shape index (κ2) is 14.7. The maximum absolute atomic E-state index is 7.38. The van der Waals surface area contributed by atoms with Crippen LogP contribution in [0.15, 0.2) is 112 Å². The molecule has 1 aromatic heterocycles. The largest absolute Gasteiger partial charge is 0.468 e. The lowest BCUT2D eigenvalue weighted by atomic mass is 9.39. The van der Waals surface area contributed by atoms with Gasteiger partial charge in [0.05, 0.1) is 17.4 Å². The molecule has 3 aromatic rings. The topological polar surface area (TPSA) is 19.6 Å². The molecule has 0 saturated heterocycles. The van der Waals surface area contributed by atoms with Gasteiger partial charge in [-0.05, 0) is 162 Å². The molecule has 4 unspecified atom stereocenters. The molecule has 4 aliphatic carbocycles. The van der Waals surface area contributed by atoms with Gasteiger partial charge in [0.25, 0.3) is 6.71 Å². The van der Waals surface area contributed by atoms with Gasteiger partial charge in [0, 0.05) is 34.9 Å². The number of hydrogen-bond donors (Lipinski definition) is 0. The second-order valence-electron chi connectivity index (χ2n) is 22.7. The van der Waals surface area contributed by atoms with Gasteiger partial charge in [-0.15, -0.1) is 13.2 Å². The summed E-state index contributed by atoms with van der Waals surface area (Å²) < 4.78 is 7.38. The first-order valence-corrected chi connectivity index (χ1v) is 23.9. The van der Waals surface area contributed by atoms with Crippen LogP contribution in [-0.2, 0) is 21.7 Å². The fraction of sp³-hybridized carbons (Fsp3) is 0.509. The van der Waals surface area contributed by atoms with Gasteiger partial charge in [0.1, 0.15) is 5.58 Å². The van der Waals surface area contributed by atoms with E-state index in [1.54, 1.807) is 11.1 Å². The molecule has 0 N–H and O–H groups in total. The van der Waals surface area contributed by atoms with Crippen molar-refractivity contribution in [3.63, 3.8) is 0 Å². The van der Waals surface area contributed by atoms with Gasteiger partial charge in [0.15, 0.2) is 0 Å². The molecule has 2 aliphatic heterocycles. The highest BCUT2D eigenvalue weighted by atomic mass is 16.3. The molecule has 9 rings (SSSR count). The Bertz CT molecular complexity index is 2490. The SMILES string of the molecule is C=CCC(C=C)c1cc2c(cc1N1C(C)=CB3C(=C1/C=C\C)CN(C1C=CC4=C(C1)C(C)CCC4C)c1c3oc3cc4c(cc13)C(C)(C)CCC4(C)C)C(C)(C)CCC2(C)C. The fourth-order valence-electron chi connectivity index (χ4n) is 12.6. The van der Waals surface area contributed by atoms with E-state index in [0.717, 1.165) is 30.6 Å². The van der Waals surface area contributed by atoms with Gasteiger partial charge in [0.2, 0.25) is 0 Å². The summed E-state index contributed by atoms with van der Waals surface area (Å²) in [4.78, 5) is 5.38. The molecule has 0 amide bonds. The van der Waals surface area contributed by atoms with Crippen molar-refractivity contribution in [2.24, 2.45) is 11.8 Å². The zero-order chi connectivity index (χ0) is 43.6. The molecule has 0 saturated carbocycles. The third kappa shape index (κ3) is 6.66. The molecular weight excluding hydrogens is 739 g/mol. The van der Waals surface area contributed by atoms with Gasteiger partial charge in [-0.2, -0.15) is 0 Å². The molecule has 4 heteroatoms. The third-order valence-corrected chi connectivity index (χ3v) is 16.8. The van der Waals surface area contributed by atoms with E-state index in [2.05, 4.69) is 173 Å². The van der Waals surface area contributed by atoms with E-state index in [1.165, 1.54) is 100.0 Å². The quantitative estimate of drug-likeness (QED) is 0.175. The summed E-state index contributed by atoms with van der Waals surface area (Å²) in [6.07, 6.45) is 23.2. The van der Waals surface area contributed by atoms with Crippen molar-refractivity contribution in [3.05, 3.63) is 136 Å². The summed E-state index contributed by atoms with van der Waals surface area (Å²) in [5.41, 5.74) is 19.6. The van der Waals surface area contributed by atoms with E-state index < -0.39 is 0 Å². The number of hydrogen-bond acceptors (Lipinski definition) is 3. The van der Waals surface area contributed by atoms with Crippen molar-refractivity contribution in [2.75, 3.05) is 16.3 Å². The van der Waals surface area contributed by atoms with E-state index in [0.29, 0.717) is 11.8 Å². The van der Waals surface area contributed by atoms with E-state index >= 15 is 0 Å². The Balaban J connectivity index is 1.29. The highest BCUT2D eigenvalue weighted by Gasteiger charge is 2.46. The summed E-state index contributed by atoms with van der Waals surface area (Å²) in [5.74, 6) is 3.93. The molecule has 3 nitrogen and oxygen atoms in total. The van der Waals surface area contributed by atoms with Crippen LogP contribution in [0, 0.1) is 11.8 Å². The smallest absolute Gasteiger partial charge is 0.284 e. The van der Waals surface area contributed by atoms with Crippen LogP contribution < -0.4 is 15.5 Å². The first-order valence-electron chi connectivity index (χ1n) is 23.9. The molecule has 3 heterocycles. The lowest BCUT2D eigenvalue weighted by Gasteiger charge is -2.46. The van der Waals surface area contributed by atoms with Crippen LogP contribution in [0.3, 0.4) is 0 Å². The minimum atomic E-state index is 0.0370. The zero-order valence-corrected chi connectivity index (χ0v) is 39.8. The van der Waals surface area contributed by atoms with Crippen LogP contribution in [0.4, 0.5) is 11.4 Å². The Morgan fingerprint density at radius 3 is 2.07 bits per heavy atom. The molecule has 4 atom stereocenters. The summed E-state index contributed by atoms with van der Waals surface area (Å²) in [6.45, 7) is 38.5. The van der Waals surface area contributed by atoms with Gasteiger partial charge in [-0.1, -0.05) is 117 Å². The molecule has 61 heavy (non-hydrogen) atoms. The monoisotopic (exact) mass is 813 g/mol. The molecule has 0 radical (unpaired) electrons. The van der Waals surface area contributed by atoms with E-state index in [-0.39, 0.29) is 40.3 Å². The van der Waals surface area contributed by atoms with Crippen LogP contribution >= 0.6 is 0 Å². The summed E-state index contributed by atoms with van der Waals surface area (Å²) in [6, 6.07) is 10.4. The Morgan fingerprint density at radius 2 is 1.44 bits per heavy atom. The van der Waals surface area contributed by atoms with Crippen molar-refractivity contribution >= 4 is 34.7 Å². The van der Waals surface area contributed by atoms with Crippen molar-refractivity contribution in [1.29, 1.82) is 0 Å². The second-order valence-corrected chi connectivity index (χ2v) is 22.7. The van der Waals surface area contributed by atoms with Crippen molar-refractivity contribution < 1.29 is 4.42 Å². The number of fused-ring (bicyclic) bond motifs is 7. The highest BCUT2D eigenvalue weighted by Crippen LogP contribution is 2.53. The fourth-order valence-corrected chi connectivity index (χ4v) is 12.6. The molecule has 6 aliphatic rings. The van der Waals surface area contributed by atoms with Gasteiger partial charge in [-0.25, -0.2) is 0 Å². The average Bonchev–Trinajstić information content (AvgIpc) is 3.60. The molecule has 0 fully saturated rings. The normalized spacial score (nSPS) is 26.4. The molecule has 0 bridgehead atoms. The number of allylic oxidation sites excluding steroid dienone is 7. The molecule has 320 valence electrons. The minimum absolute atomic E-state index is 0.0370. The first-order chi connectivity index (χ1) is 28.8. The lowest BCUT2D eigenvalue weighted by Crippen LogP contribution is -2.53. The van der Waals surface area contributed by atoms with Gasteiger partial charge >= 0.3 is 0 Å². The van der Waals surface area contributed by atoms with Crippen LogP contribution in [0.5, 0.6) is 0 Å². The number of nitrogens with zero attached hydrogens (tertiary/aromatic N) is 2.